The molecule has 0 heterocycles. The zero-order chi connectivity index (χ0) is 10.7. The summed E-state index contributed by atoms with van der Waals surface area (Å²) in [5.41, 5.74) is -0.427. The molecule has 2 heteroatoms. The second-order valence-electron chi connectivity index (χ2n) is 5.15. The van der Waals surface area contributed by atoms with Gasteiger partial charge in [-0.1, -0.05) is 37.8 Å². The fourth-order valence-corrected chi connectivity index (χ4v) is 3.12. The predicted molar refractivity (Wildman–Crippen MR) is 59.6 cm³/mol. The molecule has 2 nitrogen and oxygen atoms in total. The van der Waals surface area contributed by atoms with Gasteiger partial charge in [0, 0.05) is 0 Å². The van der Waals surface area contributed by atoms with Crippen LogP contribution in [-0.2, 0) is 4.79 Å². The third kappa shape index (κ3) is 2.24. The van der Waals surface area contributed by atoms with Crippen LogP contribution in [-0.4, -0.2) is 11.1 Å². The Morgan fingerprint density at radius 1 is 1.33 bits per heavy atom. The number of carboxylic acids is 1. The molecule has 0 radical (unpaired) electrons. The van der Waals surface area contributed by atoms with Crippen molar-refractivity contribution in [1.82, 2.24) is 0 Å². The molecule has 0 amide bonds. The predicted octanol–water partition coefficient (Wildman–Crippen LogP) is 3.38. The van der Waals surface area contributed by atoms with Gasteiger partial charge in [-0.2, -0.15) is 0 Å². The molecule has 1 fully saturated rings. The summed E-state index contributed by atoms with van der Waals surface area (Å²) in [6.07, 6.45) is 12.7. The first-order chi connectivity index (χ1) is 7.23. The third-order valence-electron chi connectivity index (χ3n) is 4.07. The van der Waals surface area contributed by atoms with E-state index in [4.69, 9.17) is 0 Å². The Balaban J connectivity index is 2.04. The van der Waals surface area contributed by atoms with Crippen LogP contribution in [0.5, 0.6) is 0 Å². The number of carboxylic acid groups (broad SMARTS) is 1. The lowest BCUT2D eigenvalue weighted by molar-refractivity contribution is -0.150. The van der Waals surface area contributed by atoms with E-state index < -0.39 is 11.4 Å². The van der Waals surface area contributed by atoms with E-state index in [-0.39, 0.29) is 0 Å². The summed E-state index contributed by atoms with van der Waals surface area (Å²) in [5.74, 6) is 0.103. The first kappa shape index (κ1) is 10.7. The number of carbonyl (C=O) groups is 1. The van der Waals surface area contributed by atoms with E-state index in [1.165, 1.54) is 25.7 Å². The molecule has 0 aromatic heterocycles. The van der Waals surface area contributed by atoms with Crippen molar-refractivity contribution in [1.29, 1.82) is 0 Å². The number of allylic oxidation sites excluding steroid dienone is 2. The van der Waals surface area contributed by atoms with Crippen LogP contribution < -0.4 is 0 Å². The fraction of sp³-hybridized carbons (Fsp3) is 0.769. The average molecular weight is 208 g/mol. The van der Waals surface area contributed by atoms with Crippen molar-refractivity contribution in [2.24, 2.45) is 11.3 Å². The Morgan fingerprint density at radius 3 is 2.60 bits per heavy atom. The molecule has 1 unspecified atom stereocenters. The van der Waals surface area contributed by atoms with Gasteiger partial charge in [-0.15, -0.1) is 0 Å². The molecular formula is C13H20O2. The Hall–Kier alpha value is -0.790. The summed E-state index contributed by atoms with van der Waals surface area (Å²) in [6, 6.07) is 0. The highest BCUT2D eigenvalue weighted by Gasteiger charge is 2.40. The van der Waals surface area contributed by atoms with Crippen LogP contribution in [0.4, 0.5) is 0 Å². The zero-order valence-corrected chi connectivity index (χ0v) is 9.24. The molecule has 2 aliphatic carbocycles. The molecule has 2 aliphatic rings. The number of hydrogen-bond donors (Lipinski definition) is 1. The number of aliphatic carboxylic acids is 1. The summed E-state index contributed by atoms with van der Waals surface area (Å²) in [6.45, 7) is 0. The maximum atomic E-state index is 11.4. The van der Waals surface area contributed by atoms with Crippen molar-refractivity contribution in [2.75, 3.05) is 0 Å². The van der Waals surface area contributed by atoms with E-state index in [2.05, 4.69) is 12.2 Å². The number of hydrogen-bond acceptors (Lipinski definition) is 1. The monoisotopic (exact) mass is 208 g/mol. The quantitative estimate of drug-likeness (QED) is 0.722. The van der Waals surface area contributed by atoms with Crippen molar-refractivity contribution in [3.8, 4) is 0 Å². The lowest BCUT2D eigenvalue weighted by Gasteiger charge is -2.32. The lowest BCUT2D eigenvalue weighted by Crippen LogP contribution is -2.33. The van der Waals surface area contributed by atoms with Crippen molar-refractivity contribution in [3.05, 3.63) is 12.2 Å². The average Bonchev–Trinajstić information content (AvgIpc) is 2.71. The summed E-state index contributed by atoms with van der Waals surface area (Å²) >= 11 is 0. The Bertz CT molecular complexity index is 264. The molecule has 0 aromatic carbocycles. The van der Waals surface area contributed by atoms with Crippen LogP contribution in [0.3, 0.4) is 0 Å². The van der Waals surface area contributed by atoms with Crippen molar-refractivity contribution >= 4 is 5.97 Å². The highest BCUT2D eigenvalue weighted by Crippen LogP contribution is 2.43. The molecule has 0 bridgehead atoms. The standard InChI is InChI=1S/C13H20O2/c14-12(15)13(8-4-1-5-9-13)10-11-6-2-3-7-11/h1,4,11H,2-3,5-10H2,(H,14,15). The van der Waals surface area contributed by atoms with Gasteiger partial charge in [0.15, 0.2) is 0 Å². The Kier molecular flexibility index (Phi) is 3.13. The smallest absolute Gasteiger partial charge is 0.309 e. The maximum Gasteiger partial charge on any atom is 0.309 e. The second-order valence-corrected chi connectivity index (χ2v) is 5.15. The summed E-state index contributed by atoms with van der Waals surface area (Å²) in [7, 11) is 0. The molecule has 0 saturated heterocycles. The molecule has 2 rings (SSSR count). The van der Waals surface area contributed by atoms with Crippen molar-refractivity contribution in [2.45, 2.75) is 51.4 Å². The molecule has 1 N–H and O–H groups in total. The van der Waals surface area contributed by atoms with Gasteiger partial charge in [0.05, 0.1) is 5.41 Å². The second kappa shape index (κ2) is 4.38. The zero-order valence-electron chi connectivity index (χ0n) is 9.24. The summed E-state index contributed by atoms with van der Waals surface area (Å²) in [5, 5.41) is 9.42. The van der Waals surface area contributed by atoms with Crippen molar-refractivity contribution < 1.29 is 9.90 Å². The van der Waals surface area contributed by atoms with Crippen LogP contribution in [0.2, 0.25) is 0 Å². The minimum absolute atomic E-state index is 0.427. The molecule has 0 aliphatic heterocycles. The normalized spacial score (nSPS) is 32.0. The molecule has 84 valence electrons. The molecule has 15 heavy (non-hydrogen) atoms. The first-order valence-electron chi connectivity index (χ1n) is 6.11. The van der Waals surface area contributed by atoms with Gasteiger partial charge in [-0.05, 0) is 31.6 Å². The van der Waals surface area contributed by atoms with Gasteiger partial charge in [0.25, 0.3) is 0 Å². The highest BCUT2D eigenvalue weighted by molar-refractivity contribution is 5.75. The fourth-order valence-electron chi connectivity index (χ4n) is 3.12. The van der Waals surface area contributed by atoms with Crippen LogP contribution in [0.15, 0.2) is 12.2 Å². The third-order valence-corrected chi connectivity index (χ3v) is 4.07. The molecule has 1 saturated carbocycles. The van der Waals surface area contributed by atoms with E-state index >= 15 is 0 Å². The minimum atomic E-state index is -0.571. The van der Waals surface area contributed by atoms with Crippen LogP contribution in [0.1, 0.15) is 51.4 Å². The SMILES string of the molecule is O=C(O)C1(CC2CCCC2)CC=CCC1. The van der Waals surface area contributed by atoms with Crippen LogP contribution in [0.25, 0.3) is 0 Å². The van der Waals surface area contributed by atoms with E-state index in [9.17, 15) is 9.90 Å². The van der Waals surface area contributed by atoms with Crippen molar-refractivity contribution in [3.63, 3.8) is 0 Å². The Morgan fingerprint density at radius 2 is 2.07 bits per heavy atom. The summed E-state index contributed by atoms with van der Waals surface area (Å²) in [4.78, 5) is 11.4. The highest BCUT2D eigenvalue weighted by atomic mass is 16.4. The largest absolute Gasteiger partial charge is 0.481 e. The van der Waals surface area contributed by atoms with Gasteiger partial charge in [0.1, 0.15) is 0 Å². The maximum absolute atomic E-state index is 11.4. The van der Waals surface area contributed by atoms with E-state index in [0.717, 1.165) is 25.7 Å². The molecule has 0 aromatic rings. The van der Waals surface area contributed by atoms with Gasteiger partial charge >= 0.3 is 5.97 Å². The van der Waals surface area contributed by atoms with Gasteiger partial charge < -0.3 is 5.11 Å². The molecule has 1 atom stereocenters. The van der Waals surface area contributed by atoms with E-state index in [1.807, 2.05) is 0 Å². The summed E-state index contributed by atoms with van der Waals surface area (Å²) < 4.78 is 0. The lowest BCUT2D eigenvalue weighted by atomic mass is 9.71. The van der Waals surface area contributed by atoms with Crippen LogP contribution >= 0.6 is 0 Å². The van der Waals surface area contributed by atoms with Gasteiger partial charge in [-0.25, -0.2) is 0 Å². The molecule has 0 spiro atoms. The van der Waals surface area contributed by atoms with Gasteiger partial charge in [0.2, 0.25) is 0 Å². The minimum Gasteiger partial charge on any atom is -0.481 e. The Labute approximate surface area is 91.4 Å². The topological polar surface area (TPSA) is 37.3 Å². The van der Waals surface area contributed by atoms with Crippen LogP contribution in [0, 0.1) is 11.3 Å². The number of rotatable bonds is 3. The first-order valence-corrected chi connectivity index (χ1v) is 6.11. The van der Waals surface area contributed by atoms with E-state index in [0.29, 0.717) is 5.92 Å². The molecular weight excluding hydrogens is 188 g/mol. The van der Waals surface area contributed by atoms with E-state index in [1.54, 1.807) is 0 Å². The van der Waals surface area contributed by atoms with Gasteiger partial charge in [-0.3, -0.25) is 4.79 Å².